The van der Waals surface area contributed by atoms with Gasteiger partial charge in [-0.2, -0.15) is 0 Å². The van der Waals surface area contributed by atoms with E-state index in [-0.39, 0.29) is 5.78 Å². The second kappa shape index (κ2) is 15.8. The molecule has 0 saturated heterocycles. The SMILES string of the molecule is CCC(C)=O.CCCCCC.ClC(Cl)(Cl)Cl. The van der Waals surface area contributed by atoms with Gasteiger partial charge in [0.2, 0.25) is 0 Å². The largest absolute Gasteiger partial charge is 0.300 e. The Hall–Kier alpha value is 0.830. The fourth-order valence-corrected chi connectivity index (χ4v) is 0.500. The molecule has 0 unspecified atom stereocenters. The van der Waals surface area contributed by atoms with Gasteiger partial charge in [0.25, 0.3) is 3.25 Å². The maximum atomic E-state index is 9.81. The van der Waals surface area contributed by atoms with Gasteiger partial charge in [0.05, 0.1) is 0 Å². The Morgan fingerprint density at radius 2 is 1.12 bits per heavy atom. The van der Waals surface area contributed by atoms with Gasteiger partial charge >= 0.3 is 0 Å². The van der Waals surface area contributed by atoms with Crippen LogP contribution in [0.2, 0.25) is 0 Å². The number of halogens is 4. The van der Waals surface area contributed by atoms with Crippen LogP contribution in [0, 0.1) is 0 Å². The van der Waals surface area contributed by atoms with E-state index in [0.717, 1.165) is 0 Å². The minimum Gasteiger partial charge on any atom is -0.300 e. The van der Waals surface area contributed by atoms with Crippen molar-refractivity contribution in [1.82, 2.24) is 0 Å². The van der Waals surface area contributed by atoms with Gasteiger partial charge < -0.3 is 4.79 Å². The molecule has 0 aliphatic heterocycles. The topological polar surface area (TPSA) is 17.1 Å². The van der Waals surface area contributed by atoms with Crippen LogP contribution >= 0.6 is 46.4 Å². The summed E-state index contributed by atoms with van der Waals surface area (Å²) >= 11 is 19.3. The van der Waals surface area contributed by atoms with Crippen molar-refractivity contribution in [2.75, 3.05) is 0 Å². The maximum absolute atomic E-state index is 9.81. The Balaban J connectivity index is -0.000000160. The first kappa shape index (κ1) is 22.0. The predicted molar refractivity (Wildman–Crippen MR) is 76.9 cm³/mol. The van der Waals surface area contributed by atoms with Crippen LogP contribution in [-0.4, -0.2) is 9.03 Å². The number of rotatable bonds is 4. The van der Waals surface area contributed by atoms with Crippen molar-refractivity contribution < 1.29 is 4.79 Å². The normalized spacial score (nSPS) is 9.50. The molecule has 5 heteroatoms. The van der Waals surface area contributed by atoms with Crippen LogP contribution in [-0.2, 0) is 4.79 Å². The summed E-state index contributed by atoms with van der Waals surface area (Å²) in [5.41, 5.74) is 0. The van der Waals surface area contributed by atoms with Gasteiger partial charge in [0.15, 0.2) is 0 Å². The van der Waals surface area contributed by atoms with Gasteiger partial charge in [-0.25, -0.2) is 0 Å². The lowest BCUT2D eigenvalue weighted by Crippen LogP contribution is -1.81. The van der Waals surface area contributed by atoms with Crippen LogP contribution in [0.15, 0.2) is 0 Å². The van der Waals surface area contributed by atoms with Crippen molar-refractivity contribution in [2.45, 2.75) is 63.1 Å². The summed E-state index contributed by atoms with van der Waals surface area (Å²) in [5.74, 6) is 0.255. The van der Waals surface area contributed by atoms with E-state index in [9.17, 15) is 4.79 Å². The molecule has 0 saturated carbocycles. The Kier molecular flexibility index (Phi) is 21.8. The average Bonchev–Trinajstić information content (AvgIpc) is 2.13. The van der Waals surface area contributed by atoms with Gasteiger partial charge in [-0.3, -0.25) is 0 Å². The van der Waals surface area contributed by atoms with E-state index in [0.29, 0.717) is 6.42 Å². The molecule has 0 amide bonds. The standard InChI is InChI=1S/C6H14.C4H8O.CCl4/c1-3-5-6-4-2;1-3-4(2)5;2-1(3,4)5/h3-6H2,1-2H3;3H2,1-2H3;. The number of unbranched alkanes of at least 4 members (excludes halogenated alkanes) is 3. The van der Waals surface area contributed by atoms with Crippen LogP contribution in [0.5, 0.6) is 0 Å². The van der Waals surface area contributed by atoms with Crippen molar-refractivity contribution in [3.05, 3.63) is 0 Å². The predicted octanol–water partition coefficient (Wildman–Crippen LogP) is 6.12. The summed E-state index contributed by atoms with van der Waals surface area (Å²) in [5, 5.41) is 0. The van der Waals surface area contributed by atoms with Crippen LogP contribution in [0.4, 0.5) is 0 Å². The highest BCUT2D eigenvalue weighted by atomic mass is 35.6. The summed E-state index contributed by atoms with van der Waals surface area (Å²) < 4.78 is -1.61. The van der Waals surface area contributed by atoms with Gasteiger partial charge in [0, 0.05) is 6.42 Å². The van der Waals surface area contributed by atoms with Crippen LogP contribution < -0.4 is 0 Å². The first-order chi connectivity index (χ1) is 7.18. The van der Waals surface area contributed by atoms with E-state index < -0.39 is 3.25 Å². The quantitative estimate of drug-likeness (QED) is 0.451. The second-order valence-corrected chi connectivity index (χ2v) is 6.62. The number of hydrogen-bond acceptors (Lipinski definition) is 1. The molecule has 0 N–H and O–H groups in total. The molecule has 0 spiro atoms. The molecule has 0 aliphatic carbocycles. The molecule has 0 aromatic heterocycles. The monoisotopic (exact) mass is 310 g/mol. The number of hydrogen-bond donors (Lipinski definition) is 0. The van der Waals surface area contributed by atoms with Crippen molar-refractivity contribution in [3.63, 3.8) is 0 Å². The van der Waals surface area contributed by atoms with E-state index in [1.807, 2.05) is 6.92 Å². The number of alkyl halides is 4. The molecule has 0 aliphatic rings. The molecule has 16 heavy (non-hydrogen) atoms. The van der Waals surface area contributed by atoms with Crippen molar-refractivity contribution in [3.8, 4) is 0 Å². The molecule has 1 nitrogen and oxygen atoms in total. The molecule has 0 radical (unpaired) electrons. The summed E-state index contributed by atoms with van der Waals surface area (Å²) in [6.45, 7) is 7.90. The second-order valence-electron chi connectivity index (χ2n) is 3.19. The number of ketones is 1. The summed E-state index contributed by atoms with van der Waals surface area (Å²) in [6.07, 6.45) is 6.20. The highest BCUT2D eigenvalue weighted by Gasteiger charge is 2.11. The zero-order valence-electron chi connectivity index (χ0n) is 10.5. The van der Waals surface area contributed by atoms with Gasteiger partial charge in [-0.05, 0) is 6.92 Å². The molecule has 0 bridgehead atoms. The fourth-order valence-electron chi connectivity index (χ4n) is 0.500. The van der Waals surface area contributed by atoms with Crippen molar-refractivity contribution >= 4 is 52.2 Å². The highest BCUT2D eigenvalue weighted by molar-refractivity contribution is 6.83. The van der Waals surface area contributed by atoms with Crippen LogP contribution in [0.3, 0.4) is 0 Å². The number of Topliss-reactive ketones (excluding diaryl/α,β-unsaturated/α-hetero) is 1. The van der Waals surface area contributed by atoms with E-state index in [4.69, 9.17) is 46.4 Å². The first-order valence-electron chi connectivity index (χ1n) is 5.43. The fraction of sp³-hybridized carbons (Fsp3) is 0.909. The molecule has 100 valence electrons. The Labute approximate surface area is 120 Å². The molecule has 0 heterocycles. The lowest BCUT2D eigenvalue weighted by atomic mass is 10.2. The minimum atomic E-state index is -1.61. The van der Waals surface area contributed by atoms with Gasteiger partial charge in [0.1, 0.15) is 5.78 Å². The van der Waals surface area contributed by atoms with E-state index >= 15 is 0 Å². The molecule has 0 rings (SSSR count). The third-order valence-electron chi connectivity index (χ3n) is 1.45. The van der Waals surface area contributed by atoms with E-state index in [1.165, 1.54) is 25.7 Å². The van der Waals surface area contributed by atoms with Crippen LogP contribution in [0.1, 0.15) is 59.8 Å². The average molecular weight is 312 g/mol. The van der Waals surface area contributed by atoms with Crippen molar-refractivity contribution in [2.24, 2.45) is 0 Å². The first-order valence-corrected chi connectivity index (χ1v) is 6.95. The molecule has 0 aromatic rings. The minimum absolute atomic E-state index is 0.255. The summed E-state index contributed by atoms with van der Waals surface area (Å²) in [7, 11) is 0. The lowest BCUT2D eigenvalue weighted by molar-refractivity contribution is -0.116. The van der Waals surface area contributed by atoms with Crippen LogP contribution in [0.25, 0.3) is 0 Å². The summed E-state index contributed by atoms with van der Waals surface area (Å²) in [6, 6.07) is 0. The van der Waals surface area contributed by atoms with E-state index in [1.54, 1.807) is 6.92 Å². The molecular formula is C11H22Cl4O. The smallest absolute Gasteiger partial charge is 0.266 e. The third kappa shape index (κ3) is 83.5. The number of carbonyl (C=O) groups excluding carboxylic acids is 1. The summed E-state index contributed by atoms with van der Waals surface area (Å²) in [4.78, 5) is 9.81. The molecule has 0 aromatic carbocycles. The van der Waals surface area contributed by atoms with Crippen molar-refractivity contribution in [1.29, 1.82) is 0 Å². The number of carbonyl (C=O) groups is 1. The molecular weight excluding hydrogens is 290 g/mol. The molecule has 0 fully saturated rings. The Bertz CT molecular complexity index is 133. The highest BCUT2D eigenvalue weighted by Crippen LogP contribution is 2.29. The van der Waals surface area contributed by atoms with E-state index in [2.05, 4.69) is 13.8 Å². The van der Waals surface area contributed by atoms with Gasteiger partial charge in [-0.15, -0.1) is 0 Å². The Morgan fingerprint density at radius 3 is 1.19 bits per heavy atom. The maximum Gasteiger partial charge on any atom is 0.266 e. The Morgan fingerprint density at radius 1 is 0.938 bits per heavy atom. The zero-order chi connectivity index (χ0) is 13.6. The van der Waals surface area contributed by atoms with Gasteiger partial charge in [-0.1, -0.05) is 92.9 Å². The molecule has 0 atom stereocenters. The lowest BCUT2D eigenvalue weighted by Gasteiger charge is -1.91. The zero-order valence-corrected chi connectivity index (χ0v) is 13.5. The third-order valence-corrected chi connectivity index (χ3v) is 1.45.